The molecule has 2 rings (SSSR count). The number of nitrogens with one attached hydrogen (secondary N) is 1. The van der Waals surface area contributed by atoms with Crippen LogP contribution in [0, 0.1) is 23.0 Å². The molecule has 0 radical (unpaired) electrons. The van der Waals surface area contributed by atoms with Crippen molar-refractivity contribution in [1.29, 1.82) is 0 Å². The largest absolute Gasteiger partial charge is 0.389 e. The Labute approximate surface area is 117 Å². The molecule has 1 aromatic heterocycles. The summed E-state index contributed by atoms with van der Waals surface area (Å²) in [5.74, 6) is 1.21. The SMILES string of the molecule is Cc1cc([N+](=O)[O-])cnc1NCC(O)COCC1CC1. The lowest BCUT2D eigenvalue weighted by atomic mass is 10.2. The van der Waals surface area contributed by atoms with E-state index >= 15 is 0 Å². The number of nitrogens with zero attached hydrogens (tertiary/aromatic N) is 2. The summed E-state index contributed by atoms with van der Waals surface area (Å²) >= 11 is 0. The second-order valence-electron chi connectivity index (χ2n) is 5.13. The van der Waals surface area contributed by atoms with E-state index in [4.69, 9.17) is 4.74 Å². The topological polar surface area (TPSA) is 97.5 Å². The van der Waals surface area contributed by atoms with Crippen molar-refractivity contribution in [3.05, 3.63) is 27.9 Å². The smallest absolute Gasteiger partial charge is 0.287 e. The zero-order valence-corrected chi connectivity index (χ0v) is 11.4. The number of aliphatic hydroxyl groups excluding tert-OH is 1. The third-order valence-electron chi connectivity index (χ3n) is 3.14. The van der Waals surface area contributed by atoms with Gasteiger partial charge in [-0.15, -0.1) is 0 Å². The second kappa shape index (κ2) is 6.62. The number of nitro groups is 1. The molecule has 1 aliphatic carbocycles. The van der Waals surface area contributed by atoms with Crippen molar-refractivity contribution in [2.24, 2.45) is 5.92 Å². The average molecular weight is 281 g/mol. The van der Waals surface area contributed by atoms with Gasteiger partial charge in [-0.2, -0.15) is 0 Å². The molecule has 1 saturated carbocycles. The van der Waals surface area contributed by atoms with Gasteiger partial charge in [-0.3, -0.25) is 10.1 Å². The van der Waals surface area contributed by atoms with Crippen LogP contribution in [0.2, 0.25) is 0 Å². The van der Waals surface area contributed by atoms with Crippen LogP contribution in [0.15, 0.2) is 12.3 Å². The fourth-order valence-corrected chi connectivity index (χ4v) is 1.77. The standard InChI is InChI=1S/C13H19N3O4/c1-9-4-11(16(18)19)5-14-13(9)15-6-12(17)8-20-7-10-2-3-10/h4-5,10,12,17H,2-3,6-8H2,1H3,(H,14,15). The van der Waals surface area contributed by atoms with E-state index in [-0.39, 0.29) is 12.3 Å². The summed E-state index contributed by atoms with van der Waals surface area (Å²) in [4.78, 5) is 14.1. The summed E-state index contributed by atoms with van der Waals surface area (Å²) < 4.78 is 5.39. The molecule has 0 amide bonds. The molecule has 110 valence electrons. The fourth-order valence-electron chi connectivity index (χ4n) is 1.77. The van der Waals surface area contributed by atoms with Gasteiger partial charge in [-0.05, 0) is 31.2 Å². The molecule has 2 N–H and O–H groups in total. The number of ether oxygens (including phenoxy) is 1. The number of aromatic nitrogens is 1. The van der Waals surface area contributed by atoms with Gasteiger partial charge < -0.3 is 15.2 Å². The van der Waals surface area contributed by atoms with Crippen molar-refractivity contribution in [1.82, 2.24) is 4.98 Å². The number of hydrogen-bond acceptors (Lipinski definition) is 6. The summed E-state index contributed by atoms with van der Waals surface area (Å²) in [7, 11) is 0. The molecule has 0 aromatic carbocycles. The molecule has 1 fully saturated rings. The number of aryl methyl sites for hydroxylation is 1. The summed E-state index contributed by atoms with van der Waals surface area (Å²) in [6, 6.07) is 1.45. The molecule has 7 nitrogen and oxygen atoms in total. The number of rotatable bonds is 8. The quantitative estimate of drug-likeness (QED) is 0.553. The summed E-state index contributed by atoms with van der Waals surface area (Å²) in [6.45, 7) is 3.04. The molecule has 1 unspecified atom stereocenters. The molecule has 0 saturated heterocycles. The van der Waals surface area contributed by atoms with Crippen LogP contribution in [0.4, 0.5) is 11.5 Å². The van der Waals surface area contributed by atoms with E-state index in [1.807, 2.05) is 0 Å². The Balaban J connectivity index is 1.75. The molecule has 1 aliphatic rings. The first-order chi connectivity index (χ1) is 9.56. The van der Waals surface area contributed by atoms with E-state index < -0.39 is 11.0 Å². The van der Waals surface area contributed by atoms with Crippen molar-refractivity contribution in [2.45, 2.75) is 25.9 Å². The Kier molecular flexibility index (Phi) is 4.86. The summed E-state index contributed by atoms with van der Waals surface area (Å²) in [6.07, 6.45) is 3.02. The van der Waals surface area contributed by atoms with Crippen LogP contribution in [0.25, 0.3) is 0 Å². The fraction of sp³-hybridized carbons (Fsp3) is 0.615. The van der Waals surface area contributed by atoms with Crippen molar-refractivity contribution < 1.29 is 14.8 Å². The number of aliphatic hydroxyl groups is 1. The normalized spacial score (nSPS) is 15.9. The van der Waals surface area contributed by atoms with Crippen LogP contribution in [-0.4, -0.2) is 40.9 Å². The number of pyridine rings is 1. The van der Waals surface area contributed by atoms with Crippen molar-refractivity contribution in [2.75, 3.05) is 25.1 Å². The molecule has 0 aliphatic heterocycles. The third-order valence-corrected chi connectivity index (χ3v) is 3.14. The van der Waals surface area contributed by atoms with Crippen molar-refractivity contribution in [3.63, 3.8) is 0 Å². The van der Waals surface area contributed by atoms with Gasteiger partial charge in [0.05, 0.1) is 17.6 Å². The van der Waals surface area contributed by atoms with Crippen molar-refractivity contribution >= 4 is 11.5 Å². The van der Waals surface area contributed by atoms with E-state index in [9.17, 15) is 15.2 Å². The minimum atomic E-state index is -0.620. The Bertz CT molecular complexity index is 477. The highest BCUT2D eigenvalue weighted by Crippen LogP contribution is 2.28. The van der Waals surface area contributed by atoms with Gasteiger partial charge in [0.2, 0.25) is 0 Å². The number of hydrogen-bond donors (Lipinski definition) is 2. The first kappa shape index (κ1) is 14.7. The van der Waals surface area contributed by atoms with Crippen LogP contribution in [-0.2, 0) is 4.74 Å². The van der Waals surface area contributed by atoms with E-state index in [0.717, 1.165) is 0 Å². The monoisotopic (exact) mass is 281 g/mol. The lowest BCUT2D eigenvalue weighted by Gasteiger charge is -2.13. The molecule has 1 heterocycles. The van der Waals surface area contributed by atoms with Crippen LogP contribution < -0.4 is 5.32 Å². The zero-order valence-electron chi connectivity index (χ0n) is 11.4. The summed E-state index contributed by atoms with van der Waals surface area (Å²) in [5, 5.41) is 23.3. The molecule has 20 heavy (non-hydrogen) atoms. The molecule has 7 heteroatoms. The highest BCUT2D eigenvalue weighted by atomic mass is 16.6. The summed E-state index contributed by atoms with van der Waals surface area (Å²) in [5.41, 5.74) is 0.631. The average Bonchev–Trinajstić information content (AvgIpc) is 3.21. The van der Waals surface area contributed by atoms with Gasteiger partial charge in [-0.1, -0.05) is 0 Å². The maximum Gasteiger partial charge on any atom is 0.287 e. The minimum absolute atomic E-state index is 0.0404. The minimum Gasteiger partial charge on any atom is -0.389 e. The lowest BCUT2D eigenvalue weighted by molar-refractivity contribution is -0.385. The molecule has 0 spiro atoms. The molecule has 1 atom stereocenters. The zero-order chi connectivity index (χ0) is 14.5. The Hall–Kier alpha value is -1.73. The lowest BCUT2D eigenvalue weighted by Crippen LogP contribution is -2.25. The maximum atomic E-state index is 10.6. The predicted octanol–water partition coefficient (Wildman–Crippen LogP) is 1.50. The van der Waals surface area contributed by atoms with Crippen LogP contribution in [0.1, 0.15) is 18.4 Å². The Morgan fingerprint density at radius 3 is 3.00 bits per heavy atom. The molecular formula is C13H19N3O4. The second-order valence-corrected chi connectivity index (χ2v) is 5.13. The first-order valence-electron chi connectivity index (χ1n) is 6.67. The first-order valence-corrected chi connectivity index (χ1v) is 6.67. The van der Waals surface area contributed by atoms with Crippen molar-refractivity contribution in [3.8, 4) is 0 Å². The molecule has 1 aromatic rings. The third kappa shape index (κ3) is 4.43. The van der Waals surface area contributed by atoms with E-state index in [0.29, 0.717) is 30.5 Å². The van der Waals surface area contributed by atoms with Crippen LogP contribution in [0.5, 0.6) is 0 Å². The highest BCUT2D eigenvalue weighted by Gasteiger charge is 2.21. The van der Waals surface area contributed by atoms with Gasteiger partial charge in [-0.25, -0.2) is 4.98 Å². The Morgan fingerprint density at radius 2 is 2.40 bits per heavy atom. The van der Waals surface area contributed by atoms with Crippen LogP contribution in [0.3, 0.4) is 0 Å². The van der Waals surface area contributed by atoms with Gasteiger partial charge in [0.1, 0.15) is 12.0 Å². The molecular weight excluding hydrogens is 262 g/mol. The van der Waals surface area contributed by atoms with Gasteiger partial charge >= 0.3 is 0 Å². The predicted molar refractivity (Wildman–Crippen MR) is 73.7 cm³/mol. The van der Waals surface area contributed by atoms with Gasteiger partial charge in [0.25, 0.3) is 5.69 Å². The highest BCUT2D eigenvalue weighted by molar-refractivity contribution is 5.48. The maximum absolute atomic E-state index is 10.6. The molecule has 0 bridgehead atoms. The Morgan fingerprint density at radius 1 is 1.65 bits per heavy atom. The van der Waals surface area contributed by atoms with Gasteiger partial charge in [0.15, 0.2) is 0 Å². The van der Waals surface area contributed by atoms with Crippen LogP contribution >= 0.6 is 0 Å². The van der Waals surface area contributed by atoms with E-state index in [2.05, 4.69) is 10.3 Å². The van der Waals surface area contributed by atoms with E-state index in [1.165, 1.54) is 25.1 Å². The van der Waals surface area contributed by atoms with E-state index in [1.54, 1.807) is 6.92 Å². The number of anilines is 1. The van der Waals surface area contributed by atoms with Gasteiger partial charge in [0, 0.05) is 19.2 Å².